The van der Waals surface area contributed by atoms with Crippen molar-refractivity contribution < 1.29 is 14.3 Å². The van der Waals surface area contributed by atoms with E-state index in [0.717, 1.165) is 5.56 Å². The summed E-state index contributed by atoms with van der Waals surface area (Å²) in [7, 11) is 0. The van der Waals surface area contributed by atoms with Crippen LogP contribution in [0.25, 0.3) is 6.08 Å². The molecule has 33 heavy (non-hydrogen) atoms. The second-order valence-corrected chi connectivity index (χ2v) is 7.84. The molecule has 2 N–H and O–H groups in total. The Morgan fingerprint density at radius 1 is 0.970 bits per heavy atom. The molecule has 166 valence electrons. The number of rotatable bonds is 7. The predicted octanol–water partition coefficient (Wildman–Crippen LogP) is 5.87. The zero-order valence-corrected chi connectivity index (χ0v) is 19.1. The fourth-order valence-corrected chi connectivity index (χ4v) is 3.06. The Kier molecular flexibility index (Phi) is 8.09. The van der Waals surface area contributed by atoms with Gasteiger partial charge in [-0.1, -0.05) is 53.0 Å². The van der Waals surface area contributed by atoms with Crippen LogP contribution < -0.4 is 15.4 Å². The molecular weight excluding hydrogens is 461 g/mol. The van der Waals surface area contributed by atoms with Gasteiger partial charge in [0.05, 0.1) is 10.0 Å². The summed E-state index contributed by atoms with van der Waals surface area (Å²) in [5.74, 6) is -0.498. The van der Waals surface area contributed by atoms with Crippen LogP contribution in [-0.2, 0) is 9.59 Å². The minimum absolute atomic E-state index is 0.0647. The molecule has 0 heterocycles. The van der Waals surface area contributed by atoms with Crippen LogP contribution >= 0.6 is 23.2 Å². The molecule has 0 unspecified atom stereocenters. The third kappa shape index (κ3) is 7.11. The minimum atomic E-state index is -0.520. The molecule has 0 aromatic heterocycles. The Hall–Kier alpha value is -3.79. The Morgan fingerprint density at radius 3 is 2.39 bits per heavy atom. The van der Waals surface area contributed by atoms with Crippen molar-refractivity contribution in [1.29, 1.82) is 5.26 Å². The first kappa shape index (κ1) is 23.9. The highest BCUT2D eigenvalue weighted by Gasteiger charge is 2.10. The van der Waals surface area contributed by atoms with E-state index in [0.29, 0.717) is 32.7 Å². The lowest BCUT2D eigenvalue weighted by molar-refractivity contribution is -0.118. The van der Waals surface area contributed by atoms with Gasteiger partial charge in [-0.25, -0.2) is 0 Å². The molecule has 3 aromatic rings. The van der Waals surface area contributed by atoms with Gasteiger partial charge in [-0.3, -0.25) is 9.59 Å². The normalized spacial score (nSPS) is 10.8. The summed E-state index contributed by atoms with van der Waals surface area (Å²) in [6.07, 6.45) is 1.45. The molecule has 0 saturated heterocycles. The number of benzene rings is 3. The van der Waals surface area contributed by atoms with Crippen LogP contribution in [0.4, 0.5) is 11.4 Å². The summed E-state index contributed by atoms with van der Waals surface area (Å²) >= 11 is 11.8. The molecule has 0 aliphatic carbocycles. The first-order valence-electron chi connectivity index (χ1n) is 9.81. The lowest BCUT2D eigenvalue weighted by atomic mass is 10.1. The van der Waals surface area contributed by atoms with Gasteiger partial charge in [-0.2, -0.15) is 5.26 Å². The van der Waals surface area contributed by atoms with Crippen molar-refractivity contribution in [1.82, 2.24) is 0 Å². The quantitative estimate of drug-likeness (QED) is 0.327. The third-order valence-corrected chi connectivity index (χ3v) is 5.16. The van der Waals surface area contributed by atoms with Crippen LogP contribution in [0.1, 0.15) is 11.1 Å². The third-order valence-electron chi connectivity index (χ3n) is 4.42. The molecule has 0 atom stereocenters. The molecule has 3 rings (SSSR count). The van der Waals surface area contributed by atoms with Gasteiger partial charge in [0.25, 0.3) is 11.8 Å². The van der Waals surface area contributed by atoms with E-state index in [2.05, 4.69) is 10.6 Å². The van der Waals surface area contributed by atoms with E-state index < -0.39 is 5.91 Å². The monoisotopic (exact) mass is 479 g/mol. The van der Waals surface area contributed by atoms with Gasteiger partial charge in [0.1, 0.15) is 17.4 Å². The summed E-state index contributed by atoms with van der Waals surface area (Å²) in [6, 6.07) is 20.6. The lowest BCUT2D eigenvalue weighted by Crippen LogP contribution is -2.20. The fraction of sp³-hybridized carbons (Fsp3) is 0.0800. The van der Waals surface area contributed by atoms with Crippen LogP contribution in [0.2, 0.25) is 10.0 Å². The van der Waals surface area contributed by atoms with Crippen molar-refractivity contribution >= 4 is 52.5 Å². The molecule has 0 spiro atoms. The standard InChI is InChI=1S/C25H19Cl2N3O3/c1-16-5-7-19(8-6-16)30-25(32)18(14-28)11-17-3-2-4-21(12-17)33-15-24(31)29-20-9-10-22(26)23(27)13-20/h2-13H,15H2,1H3,(H,29,31)(H,30,32)/b18-11-. The van der Waals surface area contributed by atoms with Crippen molar-refractivity contribution in [2.75, 3.05) is 17.2 Å². The van der Waals surface area contributed by atoms with Crippen LogP contribution in [0, 0.1) is 18.3 Å². The second kappa shape index (κ2) is 11.2. The number of carbonyl (C=O) groups is 2. The average molecular weight is 480 g/mol. The van der Waals surface area contributed by atoms with Crippen molar-refractivity contribution in [3.05, 3.63) is 93.5 Å². The average Bonchev–Trinajstić information content (AvgIpc) is 2.80. The first-order chi connectivity index (χ1) is 15.8. The first-order valence-corrected chi connectivity index (χ1v) is 10.6. The zero-order chi connectivity index (χ0) is 23.8. The summed E-state index contributed by atoms with van der Waals surface area (Å²) in [5, 5.41) is 15.5. The summed E-state index contributed by atoms with van der Waals surface area (Å²) in [5.41, 5.74) is 2.66. The fourth-order valence-electron chi connectivity index (χ4n) is 2.76. The Labute approximate surface area is 201 Å². The van der Waals surface area contributed by atoms with E-state index >= 15 is 0 Å². The number of hydrogen-bond acceptors (Lipinski definition) is 4. The maximum absolute atomic E-state index is 12.4. The lowest BCUT2D eigenvalue weighted by Gasteiger charge is -2.09. The van der Waals surface area contributed by atoms with E-state index in [1.54, 1.807) is 48.5 Å². The van der Waals surface area contributed by atoms with Crippen molar-refractivity contribution in [2.45, 2.75) is 6.92 Å². The molecule has 0 bridgehead atoms. The molecular formula is C25H19Cl2N3O3. The highest BCUT2D eigenvalue weighted by Crippen LogP contribution is 2.25. The molecule has 0 saturated carbocycles. The van der Waals surface area contributed by atoms with E-state index in [1.165, 1.54) is 12.1 Å². The molecule has 0 aliphatic rings. The molecule has 0 aliphatic heterocycles. The molecule has 6 nitrogen and oxygen atoms in total. The van der Waals surface area contributed by atoms with Gasteiger partial charge < -0.3 is 15.4 Å². The zero-order valence-electron chi connectivity index (χ0n) is 17.6. The molecule has 0 fully saturated rings. The van der Waals surface area contributed by atoms with Crippen LogP contribution in [-0.4, -0.2) is 18.4 Å². The van der Waals surface area contributed by atoms with Gasteiger partial charge in [-0.05, 0) is 61.0 Å². The van der Waals surface area contributed by atoms with Crippen LogP contribution in [0.5, 0.6) is 5.75 Å². The SMILES string of the molecule is Cc1ccc(NC(=O)/C(C#N)=C\c2cccc(OCC(=O)Nc3ccc(Cl)c(Cl)c3)c2)cc1. The van der Waals surface area contributed by atoms with E-state index in [1.807, 2.05) is 25.1 Å². The van der Waals surface area contributed by atoms with Crippen LogP contribution in [0.3, 0.4) is 0 Å². The summed E-state index contributed by atoms with van der Waals surface area (Å²) in [6.45, 7) is 1.70. The van der Waals surface area contributed by atoms with E-state index in [-0.39, 0.29) is 18.1 Å². The van der Waals surface area contributed by atoms with Crippen molar-refractivity contribution in [3.8, 4) is 11.8 Å². The molecule has 0 radical (unpaired) electrons. The Bertz CT molecular complexity index is 1250. The number of nitrogens with one attached hydrogen (secondary N) is 2. The van der Waals surface area contributed by atoms with Crippen LogP contribution in [0.15, 0.2) is 72.3 Å². The number of amides is 2. The topological polar surface area (TPSA) is 91.2 Å². The maximum atomic E-state index is 12.4. The number of aryl methyl sites for hydroxylation is 1. The molecule has 3 aromatic carbocycles. The second-order valence-electron chi connectivity index (χ2n) is 7.03. The largest absolute Gasteiger partial charge is 0.484 e. The number of carbonyl (C=O) groups excluding carboxylic acids is 2. The number of anilines is 2. The minimum Gasteiger partial charge on any atom is -0.484 e. The van der Waals surface area contributed by atoms with Crippen molar-refractivity contribution in [2.24, 2.45) is 0 Å². The highest BCUT2D eigenvalue weighted by atomic mass is 35.5. The number of nitriles is 1. The number of ether oxygens (including phenoxy) is 1. The van der Waals surface area contributed by atoms with Gasteiger partial charge in [-0.15, -0.1) is 0 Å². The summed E-state index contributed by atoms with van der Waals surface area (Å²) in [4.78, 5) is 24.6. The van der Waals surface area contributed by atoms with Gasteiger partial charge in [0, 0.05) is 11.4 Å². The maximum Gasteiger partial charge on any atom is 0.266 e. The van der Waals surface area contributed by atoms with Gasteiger partial charge in [0.15, 0.2) is 6.61 Å². The van der Waals surface area contributed by atoms with E-state index in [4.69, 9.17) is 27.9 Å². The Morgan fingerprint density at radius 2 is 1.70 bits per heavy atom. The smallest absolute Gasteiger partial charge is 0.266 e. The predicted molar refractivity (Wildman–Crippen MR) is 130 cm³/mol. The van der Waals surface area contributed by atoms with Gasteiger partial charge >= 0.3 is 0 Å². The number of nitrogens with zero attached hydrogens (tertiary/aromatic N) is 1. The summed E-state index contributed by atoms with van der Waals surface area (Å²) < 4.78 is 5.53. The van der Waals surface area contributed by atoms with Crippen molar-refractivity contribution in [3.63, 3.8) is 0 Å². The Balaban J connectivity index is 1.62. The highest BCUT2D eigenvalue weighted by molar-refractivity contribution is 6.42. The van der Waals surface area contributed by atoms with Gasteiger partial charge in [0.2, 0.25) is 0 Å². The molecule has 2 amide bonds. The molecule has 8 heteroatoms. The number of halogens is 2. The number of hydrogen-bond donors (Lipinski definition) is 2. The van der Waals surface area contributed by atoms with E-state index in [9.17, 15) is 14.9 Å².